The van der Waals surface area contributed by atoms with E-state index in [0.29, 0.717) is 5.92 Å². The first kappa shape index (κ1) is 22.6. The van der Waals surface area contributed by atoms with Crippen LogP contribution in [0.5, 0.6) is 0 Å². The maximum absolute atomic E-state index is 5.10. The molecule has 5 nitrogen and oxygen atoms in total. The minimum atomic E-state index is 0.388. The number of aryl methyl sites for hydroxylation is 3. The highest BCUT2D eigenvalue weighted by Gasteiger charge is 2.20. The molecular formula is C29H35N5. The predicted octanol–water partition coefficient (Wildman–Crippen LogP) is 6.65. The number of hydrogen-bond donors (Lipinski definition) is 3. The monoisotopic (exact) mass is 453 g/mol. The Kier molecular flexibility index (Phi) is 5.68. The summed E-state index contributed by atoms with van der Waals surface area (Å²) < 4.78 is 0. The van der Waals surface area contributed by atoms with Crippen LogP contribution in [0, 0.1) is 20.8 Å². The van der Waals surface area contributed by atoms with E-state index in [0.717, 1.165) is 58.5 Å². The van der Waals surface area contributed by atoms with Gasteiger partial charge in [-0.05, 0) is 105 Å². The molecule has 0 radical (unpaired) electrons. The van der Waals surface area contributed by atoms with Gasteiger partial charge >= 0.3 is 0 Å². The van der Waals surface area contributed by atoms with Crippen molar-refractivity contribution in [2.75, 3.05) is 7.05 Å². The Hall–Kier alpha value is -3.18. The van der Waals surface area contributed by atoms with E-state index in [1.807, 2.05) is 7.05 Å². The smallest absolute Gasteiger partial charge is 0.0693 e. The maximum atomic E-state index is 5.10. The molecule has 3 aromatic rings. The zero-order chi connectivity index (χ0) is 24.1. The van der Waals surface area contributed by atoms with Gasteiger partial charge in [0.25, 0.3) is 0 Å². The fourth-order valence-electron chi connectivity index (χ4n) is 5.31. The zero-order valence-electron chi connectivity index (χ0n) is 21.4. The Morgan fingerprint density at radius 2 is 1.59 bits per heavy atom. The lowest BCUT2D eigenvalue weighted by Crippen LogP contribution is -2.05. The molecule has 3 N–H and O–H groups in total. The highest BCUT2D eigenvalue weighted by Crippen LogP contribution is 2.34. The molecule has 0 aliphatic carbocycles. The molecule has 0 aromatic carbocycles. The summed E-state index contributed by atoms with van der Waals surface area (Å²) in [5.41, 5.74) is 16.5. The van der Waals surface area contributed by atoms with E-state index in [2.05, 4.69) is 81.1 Å². The molecule has 176 valence electrons. The first-order chi connectivity index (χ1) is 16.3. The van der Waals surface area contributed by atoms with Crippen molar-refractivity contribution >= 4 is 33.2 Å². The first-order valence-electron chi connectivity index (χ1n) is 12.3. The first-order valence-corrected chi connectivity index (χ1v) is 12.3. The van der Waals surface area contributed by atoms with Crippen LogP contribution < -0.4 is 5.32 Å². The normalized spacial score (nSPS) is 15.9. The van der Waals surface area contributed by atoms with Gasteiger partial charge in [0.05, 0.1) is 11.4 Å². The van der Waals surface area contributed by atoms with Crippen molar-refractivity contribution in [3.8, 4) is 0 Å². The Morgan fingerprint density at radius 3 is 2.32 bits per heavy atom. The van der Waals surface area contributed by atoms with Crippen molar-refractivity contribution in [1.29, 1.82) is 0 Å². The van der Waals surface area contributed by atoms with Crippen LogP contribution in [-0.2, 0) is 13.0 Å². The van der Waals surface area contributed by atoms with Gasteiger partial charge in [-0.25, -0.2) is 4.98 Å². The van der Waals surface area contributed by atoms with Gasteiger partial charge in [0.2, 0.25) is 0 Å². The molecule has 0 saturated carbocycles. The number of allylic oxidation sites excluding steroid dienone is 2. The summed E-state index contributed by atoms with van der Waals surface area (Å²) in [6, 6.07) is 8.92. The van der Waals surface area contributed by atoms with Crippen molar-refractivity contribution < 1.29 is 0 Å². The standard InChI is InChI=1S/C29H35N5/c1-8-20-17(4)27-13-29-21(14-30-7)18(5)26(34-29)11-22-15(2)9-24(31-22)19(6)25-10-16(3)23(32-25)12-28(20)33-27/h10-13,15,30,32,34H,8-9,14H2,1-7H3/t15-/m0/s1. The summed E-state index contributed by atoms with van der Waals surface area (Å²) >= 11 is 0. The van der Waals surface area contributed by atoms with E-state index in [4.69, 9.17) is 9.97 Å². The molecule has 0 saturated heterocycles. The van der Waals surface area contributed by atoms with E-state index in [-0.39, 0.29) is 0 Å². The van der Waals surface area contributed by atoms with Crippen molar-refractivity contribution in [2.24, 2.45) is 0 Å². The van der Waals surface area contributed by atoms with Gasteiger partial charge in [-0.3, -0.25) is 4.98 Å². The molecule has 0 spiro atoms. The molecule has 5 heterocycles. The van der Waals surface area contributed by atoms with E-state index in [9.17, 15) is 0 Å². The third-order valence-corrected chi connectivity index (χ3v) is 7.56. The number of aromatic nitrogens is 4. The zero-order valence-corrected chi connectivity index (χ0v) is 21.4. The molecule has 0 fully saturated rings. The van der Waals surface area contributed by atoms with Crippen LogP contribution in [0.25, 0.3) is 33.2 Å². The number of H-pyrrole nitrogens is 2. The lowest BCUT2D eigenvalue weighted by molar-refractivity contribution is 0.794. The van der Waals surface area contributed by atoms with Crippen LogP contribution in [0.2, 0.25) is 0 Å². The fraction of sp³-hybridized carbons (Fsp3) is 0.379. The van der Waals surface area contributed by atoms with E-state index >= 15 is 0 Å². The number of fused-ring (bicyclic) bond motifs is 8. The van der Waals surface area contributed by atoms with E-state index < -0.39 is 0 Å². The Labute approximate surface area is 201 Å². The summed E-state index contributed by atoms with van der Waals surface area (Å²) in [5.74, 6) is 0.388. The second-order valence-electron chi connectivity index (χ2n) is 9.85. The summed E-state index contributed by atoms with van der Waals surface area (Å²) in [4.78, 5) is 17.6. The largest absolute Gasteiger partial charge is 0.355 e. The van der Waals surface area contributed by atoms with Crippen molar-refractivity contribution in [3.63, 3.8) is 0 Å². The second-order valence-corrected chi connectivity index (χ2v) is 9.85. The Morgan fingerprint density at radius 1 is 0.882 bits per heavy atom. The van der Waals surface area contributed by atoms with Crippen molar-refractivity contribution in [2.45, 2.75) is 66.8 Å². The minimum absolute atomic E-state index is 0.388. The number of rotatable bonds is 3. The number of nitrogens with one attached hydrogen (secondary N) is 3. The van der Waals surface area contributed by atoms with Gasteiger partial charge in [0.1, 0.15) is 0 Å². The van der Waals surface area contributed by atoms with Crippen LogP contribution >= 0.6 is 0 Å². The quantitative estimate of drug-likeness (QED) is 0.416. The molecule has 1 atom stereocenters. The van der Waals surface area contributed by atoms with Gasteiger partial charge in [0, 0.05) is 45.9 Å². The summed E-state index contributed by atoms with van der Waals surface area (Å²) in [5, 5.41) is 3.34. The minimum Gasteiger partial charge on any atom is -0.355 e. The molecule has 8 bridgehead atoms. The number of nitrogens with zero attached hydrogens (tertiary/aromatic N) is 2. The molecule has 34 heavy (non-hydrogen) atoms. The SMILES string of the molecule is CCC1=C(C)c2cc3[nH]c(cc4nc(c(C)c5cc(C)c(cc1n2)[nH]5)C[C@@H]4C)c(C)c3CNC. The van der Waals surface area contributed by atoms with Crippen LogP contribution in [0.4, 0.5) is 0 Å². The van der Waals surface area contributed by atoms with Gasteiger partial charge in [0.15, 0.2) is 0 Å². The Balaban J connectivity index is 1.95. The fourth-order valence-corrected chi connectivity index (χ4v) is 5.31. The van der Waals surface area contributed by atoms with Crippen molar-refractivity contribution in [1.82, 2.24) is 25.3 Å². The Bertz CT molecular complexity index is 1480. The van der Waals surface area contributed by atoms with E-state index in [1.165, 1.54) is 39.1 Å². The molecule has 5 rings (SSSR count). The van der Waals surface area contributed by atoms with Crippen molar-refractivity contribution in [3.05, 3.63) is 69.3 Å². The molecule has 3 aromatic heterocycles. The molecule has 5 heteroatoms. The molecule has 2 aliphatic rings. The second kappa shape index (κ2) is 8.55. The topological polar surface area (TPSA) is 69.4 Å². The highest BCUT2D eigenvalue weighted by molar-refractivity contribution is 5.92. The van der Waals surface area contributed by atoms with Gasteiger partial charge in [-0.2, -0.15) is 0 Å². The van der Waals surface area contributed by atoms with Gasteiger partial charge < -0.3 is 15.3 Å². The summed E-state index contributed by atoms with van der Waals surface area (Å²) in [7, 11) is 2.00. The summed E-state index contributed by atoms with van der Waals surface area (Å²) in [6.07, 6.45) is 1.92. The lowest BCUT2D eigenvalue weighted by Gasteiger charge is -2.01. The van der Waals surface area contributed by atoms with Gasteiger partial charge in [-0.1, -0.05) is 13.8 Å². The molecular weight excluding hydrogens is 418 g/mol. The molecule has 0 amide bonds. The molecule has 2 aliphatic heterocycles. The lowest BCUT2D eigenvalue weighted by atomic mass is 10.0. The predicted molar refractivity (Wildman–Crippen MR) is 143 cm³/mol. The molecule has 0 unspecified atom stereocenters. The van der Waals surface area contributed by atoms with Gasteiger partial charge in [-0.15, -0.1) is 0 Å². The van der Waals surface area contributed by atoms with Crippen LogP contribution in [-0.4, -0.2) is 27.0 Å². The average Bonchev–Trinajstić information content (AvgIpc) is 3.51. The van der Waals surface area contributed by atoms with Crippen LogP contribution in [0.1, 0.15) is 78.1 Å². The number of hydrogen-bond acceptors (Lipinski definition) is 3. The van der Waals surface area contributed by atoms with E-state index in [1.54, 1.807) is 0 Å². The average molecular weight is 454 g/mol. The summed E-state index contributed by atoms with van der Waals surface area (Å²) in [6.45, 7) is 14.0. The maximum Gasteiger partial charge on any atom is 0.0693 e. The highest BCUT2D eigenvalue weighted by atomic mass is 14.8. The third kappa shape index (κ3) is 3.68. The number of aromatic amines is 2. The third-order valence-electron chi connectivity index (χ3n) is 7.56. The van der Waals surface area contributed by atoms with Crippen LogP contribution in [0.3, 0.4) is 0 Å². The van der Waals surface area contributed by atoms with Crippen LogP contribution in [0.15, 0.2) is 24.3 Å².